The van der Waals surface area contributed by atoms with Gasteiger partial charge in [-0.25, -0.2) is 4.98 Å². The molecule has 0 aliphatic carbocycles. The Kier molecular flexibility index (Phi) is 3.05. The van der Waals surface area contributed by atoms with Crippen LogP contribution >= 0.6 is 0 Å². The smallest absolute Gasteiger partial charge is 0.189 e. The lowest BCUT2D eigenvalue weighted by atomic mass is 10.1. The lowest BCUT2D eigenvalue weighted by Crippen LogP contribution is -1.95. The zero-order chi connectivity index (χ0) is 12.3. The number of benzene rings is 1. The van der Waals surface area contributed by atoms with Gasteiger partial charge in [0.05, 0.1) is 5.56 Å². The number of rotatable bonds is 3. The van der Waals surface area contributed by atoms with Crippen molar-refractivity contribution in [2.75, 3.05) is 0 Å². The number of ketones is 1. The molecule has 2 aromatic rings. The number of phenols is 1. The van der Waals surface area contributed by atoms with Crippen molar-refractivity contribution in [3.63, 3.8) is 0 Å². The molecule has 0 fully saturated rings. The number of nitrogens with zero attached hydrogens (tertiary/aromatic N) is 1. The van der Waals surface area contributed by atoms with Crippen LogP contribution in [0.5, 0.6) is 5.75 Å². The van der Waals surface area contributed by atoms with E-state index in [0.29, 0.717) is 11.4 Å². The van der Waals surface area contributed by atoms with Crippen LogP contribution in [0.2, 0.25) is 0 Å². The maximum atomic E-state index is 11.8. The minimum absolute atomic E-state index is 0.00954. The van der Waals surface area contributed by atoms with Gasteiger partial charge in [-0.15, -0.1) is 0 Å². The van der Waals surface area contributed by atoms with Crippen molar-refractivity contribution in [1.29, 1.82) is 0 Å². The molecule has 0 spiro atoms. The normalized spacial score (nSPS) is 10.9. The van der Waals surface area contributed by atoms with Crippen molar-refractivity contribution in [1.82, 2.24) is 9.97 Å². The molecule has 1 heterocycles. The summed E-state index contributed by atoms with van der Waals surface area (Å²) in [5, 5.41) is 9.58. The third kappa shape index (κ3) is 2.60. The van der Waals surface area contributed by atoms with E-state index in [2.05, 4.69) is 9.97 Å². The molecule has 2 N–H and O–H groups in total. The fourth-order valence-electron chi connectivity index (χ4n) is 1.46. The van der Waals surface area contributed by atoms with Crippen LogP contribution in [0.4, 0.5) is 0 Å². The first-order valence-electron chi connectivity index (χ1n) is 5.18. The summed E-state index contributed by atoms with van der Waals surface area (Å²) >= 11 is 0. The zero-order valence-corrected chi connectivity index (χ0v) is 9.34. The molecule has 4 heteroatoms. The van der Waals surface area contributed by atoms with Crippen LogP contribution in [-0.4, -0.2) is 20.9 Å². The fraction of sp³-hybridized carbons (Fsp3) is 0.0769. The number of phenolic OH excluding ortho intramolecular Hbond substituents is 1. The molecule has 0 atom stereocenters. The summed E-state index contributed by atoms with van der Waals surface area (Å²) in [5.74, 6) is 0.345. The highest BCUT2D eigenvalue weighted by Crippen LogP contribution is 2.19. The molecule has 2 rings (SSSR count). The van der Waals surface area contributed by atoms with Crippen molar-refractivity contribution in [2.24, 2.45) is 0 Å². The molecule has 0 radical (unpaired) electrons. The van der Waals surface area contributed by atoms with Gasteiger partial charge in [0.2, 0.25) is 0 Å². The summed E-state index contributed by atoms with van der Waals surface area (Å²) in [6, 6.07) is 4.93. The van der Waals surface area contributed by atoms with Gasteiger partial charge in [-0.05, 0) is 31.2 Å². The highest BCUT2D eigenvalue weighted by atomic mass is 16.3. The maximum absolute atomic E-state index is 11.8. The van der Waals surface area contributed by atoms with E-state index in [4.69, 9.17) is 0 Å². The Morgan fingerprint density at radius 3 is 3.00 bits per heavy atom. The molecule has 0 amide bonds. The maximum Gasteiger partial charge on any atom is 0.189 e. The Balaban J connectivity index is 2.23. The lowest BCUT2D eigenvalue weighted by molar-refractivity contribution is 0.104. The molecule has 0 saturated carbocycles. The quantitative estimate of drug-likeness (QED) is 0.625. The standard InChI is InChI=1S/C13H12N2O2/c1-9-2-3-11(16)10(8-9)12(17)4-5-13-14-6-7-15-13/h2-8,16H,1H3,(H,14,15). The van der Waals surface area contributed by atoms with Crippen LogP contribution in [0.1, 0.15) is 21.7 Å². The number of hydrogen-bond acceptors (Lipinski definition) is 3. The fourth-order valence-corrected chi connectivity index (χ4v) is 1.46. The topological polar surface area (TPSA) is 66.0 Å². The SMILES string of the molecule is Cc1ccc(O)c(C(=O)C=Cc2ncc[nH]2)c1. The van der Waals surface area contributed by atoms with Crippen LogP contribution in [0.25, 0.3) is 6.08 Å². The third-order valence-electron chi connectivity index (χ3n) is 2.33. The first-order chi connectivity index (χ1) is 8.16. The number of aromatic nitrogens is 2. The number of imidazole rings is 1. The van der Waals surface area contributed by atoms with Gasteiger partial charge >= 0.3 is 0 Å². The number of aryl methyl sites for hydroxylation is 1. The van der Waals surface area contributed by atoms with E-state index in [1.165, 1.54) is 12.1 Å². The van der Waals surface area contributed by atoms with Crippen LogP contribution in [0.15, 0.2) is 36.7 Å². The minimum Gasteiger partial charge on any atom is -0.507 e. The largest absolute Gasteiger partial charge is 0.507 e. The van der Waals surface area contributed by atoms with Gasteiger partial charge in [-0.3, -0.25) is 4.79 Å². The van der Waals surface area contributed by atoms with E-state index in [9.17, 15) is 9.90 Å². The van der Waals surface area contributed by atoms with Crippen LogP contribution < -0.4 is 0 Å². The number of H-pyrrole nitrogens is 1. The molecule has 4 nitrogen and oxygen atoms in total. The summed E-state index contributed by atoms with van der Waals surface area (Å²) in [4.78, 5) is 18.6. The Bertz CT molecular complexity index is 557. The molecule has 17 heavy (non-hydrogen) atoms. The van der Waals surface area contributed by atoms with E-state index in [1.807, 2.05) is 6.92 Å². The number of nitrogens with one attached hydrogen (secondary N) is 1. The second kappa shape index (κ2) is 4.65. The zero-order valence-electron chi connectivity index (χ0n) is 9.34. The average molecular weight is 228 g/mol. The molecular formula is C13H12N2O2. The van der Waals surface area contributed by atoms with Gasteiger partial charge in [0, 0.05) is 12.4 Å². The van der Waals surface area contributed by atoms with Gasteiger partial charge in [0.15, 0.2) is 5.78 Å². The third-order valence-corrected chi connectivity index (χ3v) is 2.33. The first-order valence-corrected chi connectivity index (χ1v) is 5.18. The molecule has 0 aliphatic heterocycles. The van der Waals surface area contributed by atoms with Gasteiger partial charge in [-0.1, -0.05) is 11.6 Å². The van der Waals surface area contributed by atoms with E-state index < -0.39 is 0 Å². The summed E-state index contributed by atoms with van der Waals surface area (Å²) in [6.45, 7) is 1.87. The summed E-state index contributed by atoms with van der Waals surface area (Å²) in [7, 11) is 0. The molecule has 0 bridgehead atoms. The summed E-state index contributed by atoms with van der Waals surface area (Å²) in [6.07, 6.45) is 6.24. The van der Waals surface area contributed by atoms with E-state index >= 15 is 0 Å². The Labute approximate surface area is 98.6 Å². The molecule has 0 aliphatic rings. The van der Waals surface area contributed by atoms with Gasteiger partial charge in [0.25, 0.3) is 0 Å². The number of aromatic hydroxyl groups is 1. The van der Waals surface area contributed by atoms with E-state index in [1.54, 1.807) is 30.6 Å². The van der Waals surface area contributed by atoms with Crippen LogP contribution in [0.3, 0.4) is 0 Å². The monoisotopic (exact) mass is 228 g/mol. The summed E-state index contributed by atoms with van der Waals surface area (Å²) < 4.78 is 0. The predicted molar refractivity (Wildman–Crippen MR) is 64.8 cm³/mol. The van der Waals surface area contributed by atoms with Crippen molar-refractivity contribution in [3.8, 4) is 5.75 Å². The second-order valence-corrected chi connectivity index (χ2v) is 3.69. The average Bonchev–Trinajstić information content (AvgIpc) is 2.82. The van der Waals surface area contributed by atoms with Crippen molar-refractivity contribution in [3.05, 3.63) is 53.6 Å². The van der Waals surface area contributed by atoms with E-state index in [-0.39, 0.29) is 11.5 Å². The molecule has 0 saturated heterocycles. The Morgan fingerprint density at radius 2 is 2.29 bits per heavy atom. The molecule has 0 unspecified atom stereocenters. The number of aromatic amines is 1. The number of hydrogen-bond donors (Lipinski definition) is 2. The van der Waals surface area contributed by atoms with E-state index in [0.717, 1.165) is 5.56 Å². The van der Waals surface area contributed by atoms with Crippen molar-refractivity contribution < 1.29 is 9.90 Å². The minimum atomic E-state index is -0.248. The van der Waals surface area contributed by atoms with Gasteiger partial charge in [-0.2, -0.15) is 0 Å². The molecule has 86 valence electrons. The second-order valence-electron chi connectivity index (χ2n) is 3.69. The van der Waals surface area contributed by atoms with Crippen LogP contribution in [0, 0.1) is 6.92 Å². The summed E-state index contributed by atoms with van der Waals surface area (Å²) in [5.41, 5.74) is 1.23. The lowest BCUT2D eigenvalue weighted by Gasteiger charge is -2.01. The van der Waals surface area contributed by atoms with Crippen molar-refractivity contribution >= 4 is 11.9 Å². The number of carbonyl (C=O) groups excluding carboxylic acids is 1. The van der Waals surface area contributed by atoms with Crippen LogP contribution in [-0.2, 0) is 0 Å². The predicted octanol–water partition coefficient (Wildman–Crippen LogP) is 2.32. The molecule has 1 aromatic carbocycles. The highest BCUT2D eigenvalue weighted by molar-refractivity contribution is 6.08. The molecule has 1 aromatic heterocycles. The Hall–Kier alpha value is -2.36. The highest BCUT2D eigenvalue weighted by Gasteiger charge is 2.08. The van der Waals surface area contributed by atoms with Crippen molar-refractivity contribution in [2.45, 2.75) is 6.92 Å². The number of carbonyl (C=O) groups is 1. The first kappa shape index (κ1) is 11.1. The van der Waals surface area contributed by atoms with Gasteiger partial charge < -0.3 is 10.1 Å². The van der Waals surface area contributed by atoms with Gasteiger partial charge in [0.1, 0.15) is 11.6 Å². The number of allylic oxidation sites excluding steroid dienone is 1. The Morgan fingerprint density at radius 1 is 1.47 bits per heavy atom. The molecular weight excluding hydrogens is 216 g/mol.